The summed E-state index contributed by atoms with van der Waals surface area (Å²) in [6.07, 6.45) is 3.68. The molecule has 1 rings (SSSR count). The van der Waals surface area contributed by atoms with E-state index >= 15 is 0 Å². The SMILES string of the molecule is C/C=C/OC(=O)c1ccc(NO)cc1CC. The number of carbonyl (C=O) groups excluding carboxylic acids is 1. The van der Waals surface area contributed by atoms with E-state index in [0.29, 0.717) is 17.7 Å². The molecule has 0 heterocycles. The number of hydrogen-bond acceptors (Lipinski definition) is 4. The summed E-state index contributed by atoms with van der Waals surface area (Å²) in [7, 11) is 0. The van der Waals surface area contributed by atoms with E-state index in [1.54, 1.807) is 31.2 Å². The minimum atomic E-state index is -0.389. The van der Waals surface area contributed by atoms with Crippen LogP contribution in [-0.2, 0) is 11.2 Å². The molecule has 0 saturated carbocycles. The van der Waals surface area contributed by atoms with Crippen molar-refractivity contribution in [1.29, 1.82) is 0 Å². The molecule has 0 unspecified atom stereocenters. The van der Waals surface area contributed by atoms with E-state index in [1.807, 2.05) is 12.4 Å². The maximum absolute atomic E-state index is 11.6. The molecule has 4 heteroatoms. The van der Waals surface area contributed by atoms with Crippen molar-refractivity contribution in [3.63, 3.8) is 0 Å². The lowest BCUT2D eigenvalue weighted by Crippen LogP contribution is -2.05. The Kier molecular flexibility index (Phi) is 4.54. The monoisotopic (exact) mass is 221 g/mol. The smallest absolute Gasteiger partial charge is 0.343 e. The molecule has 0 fully saturated rings. The van der Waals surface area contributed by atoms with Crippen molar-refractivity contribution in [2.24, 2.45) is 0 Å². The first-order valence-corrected chi connectivity index (χ1v) is 5.08. The Bertz CT molecular complexity index is 399. The van der Waals surface area contributed by atoms with E-state index in [4.69, 9.17) is 9.94 Å². The zero-order valence-electron chi connectivity index (χ0n) is 9.36. The highest BCUT2D eigenvalue weighted by atomic mass is 16.5. The van der Waals surface area contributed by atoms with E-state index < -0.39 is 0 Å². The van der Waals surface area contributed by atoms with Crippen LogP contribution in [-0.4, -0.2) is 11.2 Å². The highest BCUT2D eigenvalue weighted by Crippen LogP contribution is 2.17. The van der Waals surface area contributed by atoms with Gasteiger partial charge in [0.1, 0.15) is 0 Å². The van der Waals surface area contributed by atoms with E-state index in [-0.39, 0.29) is 5.97 Å². The Balaban J connectivity index is 2.99. The van der Waals surface area contributed by atoms with Crippen molar-refractivity contribution in [1.82, 2.24) is 0 Å². The van der Waals surface area contributed by atoms with Gasteiger partial charge in [-0.3, -0.25) is 10.7 Å². The predicted octanol–water partition coefficient (Wildman–Crippen LogP) is 2.74. The number of aryl methyl sites for hydroxylation is 1. The van der Waals surface area contributed by atoms with Crippen molar-refractivity contribution in [3.05, 3.63) is 41.7 Å². The van der Waals surface area contributed by atoms with E-state index in [2.05, 4.69) is 0 Å². The zero-order chi connectivity index (χ0) is 12.0. The Morgan fingerprint density at radius 1 is 1.56 bits per heavy atom. The van der Waals surface area contributed by atoms with Crippen molar-refractivity contribution in [2.75, 3.05) is 5.48 Å². The van der Waals surface area contributed by atoms with Crippen LogP contribution in [0.2, 0.25) is 0 Å². The highest BCUT2D eigenvalue weighted by Gasteiger charge is 2.11. The fourth-order valence-electron chi connectivity index (χ4n) is 1.35. The van der Waals surface area contributed by atoms with Crippen molar-refractivity contribution < 1.29 is 14.7 Å². The van der Waals surface area contributed by atoms with E-state index in [0.717, 1.165) is 5.56 Å². The van der Waals surface area contributed by atoms with Gasteiger partial charge in [0.05, 0.1) is 17.5 Å². The van der Waals surface area contributed by atoms with Gasteiger partial charge in [0.25, 0.3) is 0 Å². The van der Waals surface area contributed by atoms with Crippen LogP contribution in [0.15, 0.2) is 30.5 Å². The Morgan fingerprint density at radius 2 is 2.31 bits per heavy atom. The van der Waals surface area contributed by atoms with Gasteiger partial charge in [-0.2, -0.15) is 0 Å². The molecule has 1 aromatic rings. The lowest BCUT2D eigenvalue weighted by atomic mass is 10.0. The van der Waals surface area contributed by atoms with Gasteiger partial charge in [0.2, 0.25) is 0 Å². The first-order chi connectivity index (χ1) is 7.72. The Labute approximate surface area is 94.5 Å². The second-order valence-electron chi connectivity index (χ2n) is 3.21. The maximum atomic E-state index is 11.6. The molecular formula is C12H15NO3. The summed E-state index contributed by atoms with van der Waals surface area (Å²) >= 11 is 0. The molecule has 2 N–H and O–H groups in total. The fraction of sp³-hybridized carbons (Fsp3) is 0.250. The first-order valence-electron chi connectivity index (χ1n) is 5.08. The Morgan fingerprint density at radius 3 is 2.88 bits per heavy atom. The van der Waals surface area contributed by atoms with Crippen molar-refractivity contribution >= 4 is 11.7 Å². The molecule has 0 bridgehead atoms. The van der Waals surface area contributed by atoms with Crippen LogP contribution >= 0.6 is 0 Å². The average Bonchev–Trinajstić information content (AvgIpc) is 2.34. The molecule has 0 atom stereocenters. The molecule has 0 aliphatic heterocycles. The van der Waals surface area contributed by atoms with E-state index in [1.165, 1.54) is 6.26 Å². The van der Waals surface area contributed by atoms with Crippen LogP contribution in [0.4, 0.5) is 5.69 Å². The van der Waals surface area contributed by atoms with E-state index in [9.17, 15) is 4.79 Å². The molecular weight excluding hydrogens is 206 g/mol. The molecule has 86 valence electrons. The summed E-state index contributed by atoms with van der Waals surface area (Å²) < 4.78 is 4.89. The molecule has 0 aliphatic rings. The van der Waals surface area contributed by atoms with Crippen LogP contribution in [0.5, 0.6) is 0 Å². The summed E-state index contributed by atoms with van der Waals surface area (Å²) in [5.41, 5.74) is 3.94. The van der Waals surface area contributed by atoms with Crippen LogP contribution in [0.1, 0.15) is 29.8 Å². The number of rotatable bonds is 4. The number of ether oxygens (including phenoxy) is 1. The molecule has 0 amide bonds. The van der Waals surface area contributed by atoms with Crippen LogP contribution < -0.4 is 5.48 Å². The number of nitrogens with one attached hydrogen (secondary N) is 1. The topological polar surface area (TPSA) is 58.6 Å². The molecule has 1 aromatic carbocycles. The maximum Gasteiger partial charge on any atom is 0.343 e. The minimum Gasteiger partial charge on any atom is -0.431 e. The van der Waals surface area contributed by atoms with Gasteiger partial charge in [-0.1, -0.05) is 13.0 Å². The molecule has 0 saturated heterocycles. The fourth-order valence-corrected chi connectivity index (χ4v) is 1.35. The van der Waals surface area contributed by atoms with Gasteiger partial charge in [0, 0.05) is 0 Å². The summed E-state index contributed by atoms with van der Waals surface area (Å²) in [6.45, 7) is 3.70. The number of hydrogen-bond donors (Lipinski definition) is 2. The standard InChI is InChI=1S/C12H15NO3/c1-3-7-16-12(14)11-6-5-10(13-15)8-9(11)4-2/h3,5-8,13,15H,4H2,1-2H3/b7-3+. The van der Waals surface area contributed by atoms with Gasteiger partial charge in [-0.05, 0) is 37.1 Å². The van der Waals surface area contributed by atoms with Gasteiger partial charge in [0.15, 0.2) is 0 Å². The third-order valence-electron chi connectivity index (χ3n) is 2.15. The predicted molar refractivity (Wildman–Crippen MR) is 61.5 cm³/mol. The summed E-state index contributed by atoms with van der Waals surface area (Å²) in [5, 5.41) is 8.75. The van der Waals surface area contributed by atoms with Gasteiger partial charge < -0.3 is 4.74 Å². The van der Waals surface area contributed by atoms with Gasteiger partial charge in [-0.15, -0.1) is 0 Å². The number of anilines is 1. The molecule has 16 heavy (non-hydrogen) atoms. The third-order valence-corrected chi connectivity index (χ3v) is 2.15. The average molecular weight is 221 g/mol. The molecule has 4 nitrogen and oxygen atoms in total. The zero-order valence-corrected chi connectivity index (χ0v) is 9.36. The summed E-state index contributed by atoms with van der Waals surface area (Å²) in [5.74, 6) is -0.389. The second-order valence-corrected chi connectivity index (χ2v) is 3.21. The van der Waals surface area contributed by atoms with Crippen LogP contribution in [0, 0.1) is 0 Å². The Hall–Kier alpha value is -1.81. The largest absolute Gasteiger partial charge is 0.431 e. The summed E-state index contributed by atoms with van der Waals surface area (Å²) in [6, 6.07) is 4.96. The van der Waals surface area contributed by atoms with Gasteiger partial charge in [-0.25, -0.2) is 4.79 Å². The first kappa shape index (κ1) is 12.3. The normalized spacial score (nSPS) is 10.4. The molecule has 0 aromatic heterocycles. The lowest BCUT2D eigenvalue weighted by molar-refractivity contribution is 0.0661. The van der Waals surface area contributed by atoms with Crippen LogP contribution in [0.25, 0.3) is 0 Å². The summed E-state index contributed by atoms with van der Waals surface area (Å²) in [4.78, 5) is 11.6. The second kappa shape index (κ2) is 5.92. The highest BCUT2D eigenvalue weighted by molar-refractivity contribution is 5.92. The third kappa shape index (κ3) is 2.84. The van der Waals surface area contributed by atoms with Crippen molar-refractivity contribution in [2.45, 2.75) is 20.3 Å². The van der Waals surface area contributed by atoms with Crippen molar-refractivity contribution in [3.8, 4) is 0 Å². The quantitative estimate of drug-likeness (QED) is 0.466. The molecule has 0 aliphatic carbocycles. The molecule has 0 radical (unpaired) electrons. The van der Waals surface area contributed by atoms with Crippen LogP contribution in [0.3, 0.4) is 0 Å². The van der Waals surface area contributed by atoms with Gasteiger partial charge >= 0.3 is 5.97 Å². The number of esters is 1. The number of benzene rings is 1. The molecule has 0 spiro atoms. The number of allylic oxidation sites excluding steroid dienone is 1. The number of carbonyl (C=O) groups is 1. The lowest BCUT2D eigenvalue weighted by Gasteiger charge is -2.07. The minimum absolute atomic E-state index is 0.389.